The smallest absolute Gasteiger partial charge is 0.290 e. The zero-order chi connectivity index (χ0) is 20.8. The minimum absolute atomic E-state index is 0.117. The standard InChI is InChI=1S/C24H30N2O4/c27-23(21-12-4-5-14-26(21)24(28)22-13-7-15-29-22)25-17-18-8-6-11-20(16-18)30-19-9-2-1-3-10-19/h6-8,11,13,15-16,19,21H,1-5,9-10,12,14,17H2,(H,25,27). The molecule has 1 aliphatic heterocycles. The van der Waals surface area contributed by atoms with Crippen LogP contribution in [0.15, 0.2) is 47.1 Å². The Bertz CT molecular complexity index is 843. The highest BCUT2D eigenvalue weighted by molar-refractivity contribution is 5.95. The van der Waals surface area contributed by atoms with Gasteiger partial charge in [-0.25, -0.2) is 0 Å². The van der Waals surface area contributed by atoms with Crippen LogP contribution in [0.5, 0.6) is 5.75 Å². The Balaban J connectivity index is 1.35. The van der Waals surface area contributed by atoms with Gasteiger partial charge in [-0.1, -0.05) is 18.6 Å². The number of benzene rings is 1. The van der Waals surface area contributed by atoms with Gasteiger partial charge in [-0.2, -0.15) is 0 Å². The van der Waals surface area contributed by atoms with Gasteiger partial charge in [0.05, 0.1) is 12.4 Å². The lowest BCUT2D eigenvalue weighted by Crippen LogP contribution is -2.51. The first-order valence-electron chi connectivity index (χ1n) is 11.1. The molecule has 1 unspecified atom stereocenters. The number of piperidine rings is 1. The molecule has 2 fully saturated rings. The second-order valence-electron chi connectivity index (χ2n) is 8.23. The van der Waals surface area contributed by atoms with Crippen molar-refractivity contribution in [2.45, 2.75) is 70.1 Å². The molecule has 6 heteroatoms. The van der Waals surface area contributed by atoms with Crippen molar-refractivity contribution >= 4 is 11.8 Å². The Morgan fingerprint density at radius 2 is 1.87 bits per heavy atom. The Hall–Kier alpha value is -2.76. The molecule has 160 valence electrons. The highest BCUT2D eigenvalue weighted by atomic mass is 16.5. The third-order valence-electron chi connectivity index (χ3n) is 6.02. The summed E-state index contributed by atoms with van der Waals surface area (Å²) in [6.07, 6.45) is 10.3. The number of furan rings is 1. The maximum atomic E-state index is 12.9. The Labute approximate surface area is 177 Å². The van der Waals surface area contributed by atoms with Crippen LogP contribution in [0.3, 0.4) is 0 Å². The van der Waals surface area contributed by atoms with Gasteiger partial charge in [-0.05, 0) is 74.8 Å². The molecule has 0 radical (unpaired) electrons. The van der Waals surface area contributed by atoms with Crippen LogP contribution in [0.2, 0.25) is 0 Å². The number of likely N-dealkylation sites (tertiary alicyclic amines) is 1. The first kappa shape index (κ1) is 20.5. The number of ether oxygens (including phenoxy) is 1. The molecule has 2 heterocycles. The monoisotopic (exact) mass is 410 g/mol. The molecular weight excluding hydrogens is 380 g/mol. The molecule has 1 N–H and O–H groups in total. The van der Waals surface area contributed by atoms with E-state index in [-0.39, 0.29) is 17.6 Å². The summed E-state index contributed by atoms with van der Waals surface area (Å²) in [5, 5.41) is 3.01. The molecule has 1 aromatic heterocycles. The summed E-state index contributed by atoms with van der Waals surface area (Å²) in [4.78, 5) is 27.2. The average molecular weight is 411 g/mol. The molecule has 0 bridgehead atoms. The van der Waals surface area contributed by atoms with Crippen molar-refractivity contribution in [2.75, 3.05) is 6.54 Å². The Morgan fingerprint density at radius 3 is 2.67 bits per heavy atom. The zero-order valence-electron chi connectivity index (χ0n) is 17.3. The molecule has 0 spiro atoms. The zero-order valence-corrected chi connectivity index (χ0v) is 17.3. The van der Waals surface area contributed by atoms with Crippen molar-refractivity contribution in [1.82, 2.24) is 10.2 Å². The molecule has 6 nitrogen and oxygen atoms in total. The van der Waals surface area contributed by atoms with Crippen LogP contribution in [0.1, 0.15) is 67.5 Å². The predicted octanol–water partition coefficient (Wildman–Crippen LogP) is 4.30. The largest absolute Gasteiger partial charge is 0.490 e. The van der Waals surface area contributed by atoms with Crippen molar-refractivity contribution in [3.05, 3.63) is 54.0 Å². The van der Waals surface area contributed by atoms with Crippen LogP contribution in [0, 0.1) is 0 Å². The van der Waals surface area contributed by atoms with E-state index in [0.29, 0.717) is 25.6 Å². The number of amides is 2. The van der Waals surface area contributed by atoms with E-state index in [0.717, 1.165) is 37.0 Å². The van der Waals surface area contributed by atoms with E-state index in [1.165, 1.54) is 25.5 Å². The van der Waals surface area contributed by atoms with Gasteiger partial charge in [0.25, 0.3) is 5.91 Å². The summed E-state index contributed by atoms with van der Waals surface area (Å²) >= 11 is 0. The number of nitrogens with zero attached hydrogens (tertiary/aromatic N) is 1. The van der Waals surface area contributed by atoms with Crippen molar-refractivity contribution < 1.29 is 18.7 Å². The van der Waals surface area contributed by atoms with Crippen LogP contribution < -0.4 is 10.1 Å². The van der Waals surface area contributed by atoms with E-state index < -0.39 is 6.04 Å². The lowest BCUT2D eigenvalue weighted by atomic mass is 9.98. The van der Waals surface area contributed by atoms with Gasteiger partial charge in [-0.3, -0.25) is 9.59 Å². The van der Waals surface area contributed by atoms with Crippen molar-refractivity contribution in [3.63, 3.8) is 0 Å². The fourth-order valence-electron chi connectivity index (χ4n) is 4.40. The minimum Gasteiger partial charge on any atom is -0.490 e. The topological polar surface area (TPSA) is 71.8 Å². The predicted molar refractivity (Wildman–Crippen MR) is 113 cm³/mol. The van der Waals surface area contributed by atoms with E-state index in [4.69, 9.17) is 9.15 Å². The fourth-order valence-corrected chi connectivity index (χ4v) is 4.40. The van der Waals surface area contributed by atoms with Gasteiger partial charge in [0.2, 0.25) is 5.91 Å². The van der Waals surface area contributed by atoms with Crippen molar-refractivity contribution in [1.29, 1.82) is 0 Å². The highest BCUT2D eigenvalue weighted by Crippen LogP contribution is 2.24. The highest BCUT2D eigenvalue weighted by Gasteiger charge is 2.33. The number of carbonyl (C=O) groups is 2. The third kappa shape index (κ3) is 5.04. The summed E-state index contributed by atoms with van der Waals surface area (Å²) in [6, 6.07) is 10.8. The fraction of sp³-hybridized carbons (Fsp3) is 0.500. The number of carbonyl (C=O) groups excluding carboxylic acids is 2. The maximum Gasteiger partial charge on any atom is 0.290 e. The molecule has 2 amide bonds. The number of hydrogen-bond acceptors (Lipinski definition) is 4. The summed E-state index contributed by atoms with van der Waals surface area (Å²) in [5.41, 5.74) is 0.997. The Kier molecular flexibility index (Phi) is 6.72. The average Bonchev–Trinajstić information content (AvgIpc) is 3.33. The number of nitrogens with one attached hydrogen (secondary N) is 1. The van der Waals surface area contributed by atoms with E-state index >= 15 is 0 Å². The quantitative estimate of drug-likeness (QED) is 0.771. The van der Waals surface area contributed by atoms with E-state index in [9.17, 15) is 9.59 Å². The van der Waals surface area contributed by atoms with Gasteiger partial charge in [-0.15, -0.1) is 0 Å². The maximum absolute atomic E-state index is 12.9. The molecule has 1 saturated heterocycles. The van der Waals surface area contributed by atoms with Crippen molar-refractivity contribution in [3.8, 4) is 5.75 Å². The Morgan fingerprint density at radius 1 is 1.03 bits per heavy atom. The second-order valence-corrected chi connectivity index (χ2v) is 8.23. The first-order chi connectivity index (χ1) is 14.7. The SMILES string of the molecule is O=C(NCc1cccc(OC2CCCCC2)c1)C1CCCCN1C(=O)c1ccco1. The molecule has 1 atom stereocenters. The molecule has 2 aliphatic rings. The summed E-state index contributed by atoms with van der Waals surface area (Å²) in [5.74, 6) is 0.805. The van der Waals surface area contributed by atoms with Crippen LogP contribution in [0.4, 0.5) is 0 Å². The summed E-state index contributed by atoms with van der Waals surface area (Å²) in [7, 11) is 0. The normalized spacial score (nSPS) is 20.0. The van der Waals surface area contributed by atoms with Crippen molar-refractivity contribution in [2.24, 2.45) is 0 Å². The van der Waals surface area contributed by atoms with E-state index in [1.54, 1.807) is 17.0 Å². The van der Waals surface area contributed by atoms with E-state index in [2.05, 4.69) is 5.32 Å². The minimum atomic E-state index is -0.460. The number of rotatable bonds is 6. The van der Waals surface area contributed by atoms with Gasteiger partial charge >= 0.3 is 0 Å². The van der Waals surface area contributed by atoms with Crippen LogP contribution in [-0.2, 0) is 11.3 Å². The molecule has 1 aliphatic carbocycles. The van der Waals surface area contributed by atoms with Gasteiger partial charge < -0.3 is 19.4 Å². The molecule has 2 aromatic rings. The van der Waals surface area contributed by atoms with Gasteiger partial charge in [0, 0.05) is 13.1 Å². The van der Waals surface area contributed by atoms with Crippen LogP contribution in [-0.4, -0.2) is 35.4 Å². The second kappa shape index (κ2) is 9.83. The van der Waals surface area contributed by atoms with Crippen LogP contribution in [0.25, 0.3) is 0 Å². The summed E-state index contributed by atoms with van der Waals surface area (Å²) < 4.78 is 11.4. The molecule has 1 saturated carbocycles. The lowest BCUT2D eigenvalue weighted by molar-refractivity contribution is -0.126. The third-order valence-corrected chi connectivity index (χ3v) is 6.02. The van der Waals surface area contributed by atoms with Gasteiger partial charge in [0.15, 0.2) is 5.76 Å². The first-order valence-corrected chi connectivity index (χ1v) is 11.1. The molecular formula is C24H30N2O4. The molecule has 1 aromatic carbocycles. The lowest BCUT2D eigenvalue weighted by Gasteiger charge is -2.34. The molecule has 30 heavy (non-hydrogen) atoms. The van der Waals surface area contributed by atoms with Gasteiger partial charge in [0.1, 0.15) is 11.8 Å². The molecule has 4 rings (SSSR count). The van der Waals surface area contributed by atoms with Crippen LogP contribution >= 0.6 is 0 Å². The summed E-state index contributed by atoms with van der Waals surface area (Å²) in [6.45, 7) is 0.988. The van der Waals surface area contributed by atoms with E-state index in [1.807, 2.05) is 24.3 Å². The number of hydrogen-bond donors (Lipinski definition) is 1.